The Balaban J connectivity index is 1.38. The summed E-state index contributed by atoms with van der Waals surface area (Å²) in [6.45, 7) is 15.0. The van der Waals surface area contributed by atoms with Crippen LogP contribution in [0.4, 0.5) is 0 Å². The molecule has 0 radical (unpaired) electrons. The third-order valence-corrected chi connectivity index (χ3v) is 7.08. The molecule has 0 bridgehead atoms. The number of aryl methyl sites for hydroxylation is 1. The fraction of sp³-hybridized carbons (Fsp3) is 0.452. The fourth-order valence-electron chi connectivity index (χ4n) is 4.30. The van der Waals surface area contributed by atoms with Gasteiger partial charge in [0.05, 0.1) is 6.61 Å². The van der Waals surface area contributed by atoms with Crippen molar-refractivity contribution in [2.75, 3.05) is 26.4 Å². The number of aliphatic hydroxyl groups is 1. The molecule has 2 heterocycles. The lowest BCUT2D eigenvalue weighted by atomic mass is 9.76. The van der Waals surface area contributed by atoms with Gasteiger partial charge >= 0.3 is 7.12 Å². The number of aromatic nitrogens is 1. The van der Waals surface area contributed by atoms with Crippen LogP contribution in [-0.2, 0) is 15.9 Å². The Labute approximate surface area is 227 Å². The van der Waals surface area contributed by atoms with Gasteiger partial charge in [0.1, 0.15) is 12.4 Å². The molecule has 7 heteroatoms. The number of ether oxygens (including phenoxy) is 2. The summed E-state index contributed by atoms with van der Waals surface area (Å²) in [6.07, 6.45) is 2.64. The van der Waals surface area contributed by atoms with Crippen LogP contribution in [-0.4, -0.2) is 43.6 Å². The molecular weight excluding hydrogens is 477 g/mol. The third-order valence-electron chi connectivity index (χ3n) is 7.08. The Hall–Kier alpha value is -2.87. The predicted molar refractivity (Wildman–Crippen MR) is 152 cm³/mol. The molecule has 1 saturated heterocycles. The van der Waals surface area contributed by atoms with E-state index in [0.29, 0.717) is 32.3 Å². The molecule has 0 atom stereocenters. The van der Waals surface area contributed by atoms with Crippen molar-refractivity contribution in [2.45, 2.75) is 54.6 Å². The van der Waals surface area contributed by atoms with Crippen LogP contribution >= 0.6 is 0 Å². The highest BCUT2D eigenvalue weighted by Crippen LogP contribution is 2.30. The fourth-order valence-corrected chi connectivity index (χ4v) is 4.30. The molecule has 2 aromatic carbocycles. The number of rotatable bonds is 10. The van der Waals surface area contributed by atoms with Gasteiger partial charge in [-0.25, -0.2) is 4.98 Å². The van der Waals surface area contributed by atoms with Crippen molar-refractivity contribution in [3.05, 3.63) is 71.4 Å². The zero-order chi connectivity index (χ0) is 27.3. The maximum Gasteiger partial charge on any atom is 0.493 e. The summed E-state index contributed by atoms with van der Waals surface area (Å²) in [5.41, 5.74) is 6.49. The lowest BCUT2D eigenvalue weighted by Crippen LogP contribution is -2.47. The van der Waals surface area contributed by atoms with Gasteiger partial charge in [0.15, 0.2) is 0 Å². The summed E-state index contributed by atoms with van der Waals surface area (Å²) in [5.74, 6) is 1.41. The van der Waals surface area contributed by atoms with E-state index in [1.165, 1.54) is 5.56 Å². The Bertz CT molecular complexity index is 1220. The standard InChI is InChI=1S/C31H40BNO5/c1-22-16-29(35-15-14-30(3,4)19-34)33-17-28(22)27-9-7-8-24(23(27)2)18-36-26-12-10-25(11-13-26)32-37-20-31(5,6)21-38-32/h7-13,16-17,34H,14-15,18-21H2,1-6H3. The van der Waals surface area contributed by atoms with Gasteiger partial charge in [0, 0.05) is 43.1 Å². The first-order valence-corrected chi connectivity index (χ1v) is 13.3. The van der Waals surface area contributed by atoms with E-state index in [9.17, 15) is 5.11 Å². The second-order valence-electron chi connectivity index (χ2n) is 11.8. The minimum absolute atomic E-state index is 0.0500. The molecule has 6 nitrogen and oxygen atoms in total. The summed E-state index contributed by atoms with van der Waals surface area (Å²) in [7, 11) is -0.322. The van der Waals surface area contributed by atoms with Crippen LogP contribution in [0.2, 0.25) is 0 Å². The molecule has 0 aliphatic carbocycles. The summed E-state index contributed by atoms with van der Waals surface area (Å²) >= 11 is 0. The summed E-state index contributed by atoms with van der Waals surface area (Å²) in [6, 6.07) is 16.2. The maximum absolute atomic E-state index is 9.43. The SMILES string of the molecule is Cc1cc(OCCC(C)(C)CO)ncc1-c1cccc(COc2ccc(B3OCC(C)(C)CO3)cc2)c1C. The van der Waals surface area contributed by atoms with E-state index in [2.05, 4.69) is 50.9 Å². The molecule has 38 heavy (non-hydrogen) atoms. The largest absolute Gasteiger partial charge is 0.493 e. The lowest BCUT2D eigenvalue weighted by molar-refractivity contribution is 0.0343. The van der Waals surface area contributed by atoms with Crippen molar-refractivity contribution in [3.8, 4) is 22.8 Å². The van der Waals surface area contributed by atoms with Crippen LogP contribution < -0.4 is 14.9 Å². The first-order chi connectivity index (χ1) is 18.1. The van der Waals surface area contributed by atoms with Gasteiger partial charge in [0.2, 0.25) is 5.88 Å². The zero-order valence-electron chi connectivity index (χ0n) is 23.5. The topological polar surface area (TPSA) is 70.0 Å². The number of nitrogens with zero attached hydrogens (tertiary/aromatic N) is 1. The van der Waals surface area contributed by atoms with Gasteiger partial charge in [-0.05, 0) is 65.5 Å². The van der Waals surface area contributed by atoms with E-state index in [0.717, 1.165) is 39.9 Å². The predicted octanol–water partition coefficient (Wildman–Crippen LogP) is 5.50. The summed E-state index contributed by atoms with van der Waals surface area (Å²) in [4.78, 5) is 4.54. The number of pyridine rings is 1. The number of hydrogen-bond acceptors (Lipinski definition) is 6. The minimum Gasteiger partial charge on any atom is -0.489 e. The van der Waals surface area contributed by atoms with Crippen LogP contribution in [0.3, 0.4) is 0 Å². The van der Waals surface area contributed by atoms with Crippen molar-refractivity contribution >= 4 is 12.6 Å². The second-order valence-corrected chi connectivity index (χ2v) is 11.8. The maximum atomic E-state index is 9.43. The molecule has 1 aromatic heterocycles. The van der Waals surface area contributed by atoms with E-state index < -0.39 is 0 Å². The average molecular weight is 517 g/mol. The highest BCUT2D eigenvalue weighted by Gasteiger charge is 2.33. The number of hydrogen-bond donors (Lipinski definition) is 1. The smallest absolute Gasteiger partial charge is 0.489 e. The molecule has 0 saturated carbocycles. The van der Waals surface area contributed by atoms with Crippen molar-refractivity contribution in [2.24, 2.45) is 10.8 Å². The van der Waals surface area contributed by atoms with E-state index in [4.69, 9.17) is 18.8 Å². The molecule has 4 rings (SSSR count). The molecule has 3 aromatic rings. The normalized spacial score (nSPS) is 15.4. The molecule has 202 valence electrons. The van der Waals surface area contributed by atoms with Crippen LogP contribution in [0, 0.1) is 24.7 Å². The molecule has 1 aliphatic rings. The van der Waals surface area contributed by atoms with Gasteiger partial charge in [-0.1, -0.05) is 58.0 Å². The number of benzene rings is 2. The first kappa shape index (κ1) is 28.2. The lowest BCUT2D eigenvalue weighted by Gasteiger charge is -2.33. The molecule has 1 fully saturated rings. The zero-order valence-corrected chi connectivity index (χ0v) is 23.5. The molecule has 1 aliphatic heterocycles. The first-order valence-electron chi connectivity index (χ1n) is 13.3. The number of aliphatic hydroxyl groups excluding tert-OH is 1. The van der Waals surface area contributed by atoms with Crippen molar-refractivity contribution in [1.82, 2.24) is 4.98 Å². The van der Waals surface area contributed by atoms with Crippen LogP contribution in [0.25, 0.3) is 11.1 Å². The monoisotopic (exact) mass is 517 g/mol. The van der Waals surface area contributed by atoms with Gasteiger partial charge in [-0.2, -0.15) is 0 Å². The Morgan fingerprint density at radius 1 is 1.00 bits per heavy atom. The highest BCUT2D eigenvalue weighted by molar-refractivity contribution is 6.61. The highest BCUT2D eigenvalue weighted by atomic mass is 16.6. The van der Waals surface area contributed by atoms with Crippen molar-refractivity contribution < 1.29 is 23.9 Å². The quantitative estimate of drug-likeness (QED) is 0.358. The van der Waals surface area contributed by atoms with Crippen LogP contribution in [0.5, 0.6) is 11.6 Å². The van der Waals surface area contributed by atoms with E-state index >= 15 is 0 Å². The molecule has 0 unspecified atom stereocenters. The Morgan fingerprint density at radius 3 is 2.37 bits per heavy atom. The molecule has 0 amide bonds. The second kappa shape index (κ2) is 11.9. The Kier molecular flexibility index (Phi) is 8.81. The molecular formula is C31H40BNO5. The van der Waals surface area contributed by atoms with Gasteiger partial charge in [-0.15, -0.1) is 0 Å². The van der Waals surface area contributed by atoms with Gasteiger partial charge < -0.3 is 23.9 Å². The van der Waals surface area contributed by atoms with E-state index in [1.807, 2.05) is 50.4 Å². The molecule has 1 N–H and O–H groups in total. The Morgan fingerprint density at radius 2 is 1.71 bits per heavy atom. The van der Waals surface area contributed by atoms with Crippen molar-refractivity contribution in [1.29, 1.82) is 0 Å². The van der Waals surface area contributed by atoms with Gasteiger partial charge in [-0.3, -0.25) is 0 Å². The summed E-state index contributed by atoms with van der Waals surface area (Å²) in [5, 5.41) is 9.43. The average Bonchev–Trinajstić information content (AvgIpc) is 2.89. The van der Waals surface area contributed by atoms with E-state index in [-0.39, 0.29) is 24.6 Å². The molecule has 0 spiro atoms. The summed E-state index contributed by atoms with van der Waals surface area (Å²) < 4.78 is 23.8. The van der Waals surface area contributed by atoms with Gasteiger partial charge in [0.25, 0.3) is 0 Å². The third kappa shape index (κ3) is 7.16. The van der Waals surface area contributed by atoms with Crippen molar-refractivity contribution in [3.63, 3.8) is 0 Å². The van der Waals surface area contributed by atoms with E-state index in [1.54, 1.807) is 0 Å². The van der Waals surface area contributed by atoms with Crippen LogP contribution in [0.1, 0.15) is 50.8 Å². The minimum atomic E-state index is -0.322. The van der Waals surface area contributed by atoms with Crippen LogP contribution in [0.15, 0.2) is 54.7 Å².